The molecule has 6 heteroatoms. The lowest BCUT2D eigenvalue weighted by atomic mass is 10.1. The van der Waals surface area contributed by atoms with Gasteiger partial charge in [0, 0.05) is 29.4 Å². The van der Waals surface area contributed by atoms with Gasteiger partial charge in [0.15, 0.2) is 17.5 Å². The standard InChI is InChI=1S/C14H14F3N3/c15-10-5-8(6-11(16)14(10)17)20-13-4-2-1-3-12(18)9(13)7-19-20/h5-7,12H,1-4,18H2. The molecular formula is C14H14F3N3. The predicted octanol–water partition coefficient (Wildman–Crippen LogP) is 3.02. The highest BCUT2D eigenvalue weighted by Crippen LogP contribution is 2.29. The molecule has 3 nitrogen and oxygen atoms in total. The van der Waals surface area contributed by atoms with E-state index in [1.54, 1.807) is 6.20 Å². The molecule has 0 saturated heterocycles. The van der Waals surface area contributed by atoms with Gasteiger partial charge in [-0.05, 0) is 19.3 Å². The molecule has 0 aliphatic heterocycles. The van der Waals surface area contributed by atoms with E-state index < -0.39 is 17.5 Å². The van der Waals surface area contributed by atoms with Crippen LogP contribution in [0.5, 0.6) is 0 Å². The van der Waals surface area contributed by atoms with E-state index in [9.17, 15) is 13.2 Å². The van der Waals surface area contributed by atoms with E-state index >= 15 is 0 Å². The number of fused-ring (bicyclic) bond motifs is 1. The molecule has 2 aromatic rings. The number of aromatic nitrogens is 2. The summed E-state index contributed by atoms with van der Waals surface area (Å²) in [4.78, 5) is 0. The van der Waals surface area contributed by atoms with Gasteiger partial charge in [-0.2, -0.15) is 5.10 Å². The second-order valence-corrected chi connectivity index (χ2v) is 5.03. The van der Waals surface area contributed by atoms with Crippen LogP contribution in [-0.2, 0) is 6.42 Å². The molecule has 0 fully saturated rings. The normalized spacial score (nSPS) is 18.7. The maximum Gasteiger partial charge on any atom is 0.194 e. The van der Waals surface area contributed by atoms with Crippen molar-refractivity contribution in [1.29, 1.82) is 0 Å². The van der Waals surface area contributed by atoms with E-state index in [-0.39, 0.29) is 11.7 Å². The number of benzene rings is 1. The summed E-state index contributed by atoms with van der Waals surface area (Å²) in [6.07, 6.45) is 5.18. The van der Waals surface area contributed by atoms with Crippen LogP contribution in [0, 0.1) is 17.5 Å². The van der Waals surface area contributed by atoms with Crippen molar-refractivity contribution in [1.82, 2.24) is 9.78 Å². The topological polar surface area (TPSA) is 43.8 Å². The Labute approximate surface area is 114 Å². The minimum Gasteiger partial charge on any atom is -0.324 e. The average Bonchev–Trinajstić information content (AvgIpc) is 2.76. The smallest absolute Gasteiger partial charge is 0.194 e. The highest BCUT2D eigenvalue weighted by atomic mass is 19.2. The number of rotatable bonds is 1. The van der Waals surface area contributed by atoms with Crippen molar-refractivity contribution in [3.05, 3.63) is 47.0 Å². The van der Waals surface area contributed by atoms with Crippen molar-refractivity contribution >= 4 is 0 Å². The lowest BCUT2D eigenvalue weighted by Crippen LogP contribution is -2.10. The molecule has 0 saturated carbocycles. The molecule has 0 radical (unpaired) electrons. The number of nitrogens with two attached hydrogens (primary N) is 1. The van der Waals surface area contributed by atoms with Crippen LogP contribution in [0.4, 0.5) is 13.2 Å². The molecule has 1 aromatic carbocycles. The first-order valence-electron chi connectivity index (χ1n) is 6.55. The highest BCUT2D eigenvalue weighted by Gasteiger charge is 2.21. The average molecular weight is 281 g/mol. The Balaban J connectivity index is 2.12. The molecule has 1 aliphatic carbocycles. The molecule has 20 heavy (non-hydrogen) atoms. The van der Waals surface area contributed by atoms with Gasteiger partial charge in [-0.1, -0.05) is 6.42 Å². The van der Waals surface area contributed by atoms with Crippen molar-refractivity contribution in [2.24, 2.45) is 5.73 Å². The Bertz CT molecular complexity index is 628. The fourth-order valence-electron chi connectivity index (χ4n) is 2.65. The summed E-state index contributed by atoms with van der Waals surface area (Å²) in [5.41, 5.74) is 7.98. The van der Waals surface area contributed by atoms with Crippen molar-refractivity contribution in [3.63, 3.8) is 0 Å². The number of hydrogen-bond donors (Lipinski definition) is 1. The predicted molar refractivity (Wildman–Crippen MR) is 67.9 cm³/mol. The Kier molecular flexibility index (Phi) is 3.25. The highest BCUT2D eigenvalue weighted by molar-refractivity contribution is 5.37. The van der Waals surface area contributed by atoms with Crippen LogP contribution in [0.2, 0.25) is 0 Å². The monoisotopic (exact) mass is 281 g/mol. The van der Waals surface area contributed by atoms with Gasteiger partial charge in [-0.15, -0.1) is 0 Å². The fourth-order valence-corrected chi connectivity index (χ4v) is 2.65. The van der Waals surface area contributed by atoms with Crippen molar-refractivity contribution < 1.29 is 13.2 Å². The van der Waals surface area contributed by atoms with Crippen LogP contribution < -0.4 is 5.73 Å². The molecular weight excluding hydrogens is 267 g/mol. The first kappa shape index (κ1) is 13.2. The molecule has 1 unspecified atom stereocenters. The van der Waals surface area contributed by atoms with Gasteiger partial charge < -0.3 is 5.73 Å². The van der Waals surface area contributed by atoms with Crippen molar-refractivity contribution in [3.8, 4) is 5.69 Å². The number of hydrogen-bond acceptors (Lipinski definition) is 2. The molecule has 3 rings (SSSR count). The molecule has 1 aromatic heterocycles. The summed E-state index contributed by atoms with van der Waals surface area (Å²) in [6.45, 7) is 0. The lowest BCUT2D eigenvalue weighted by molar-refractivity contribution is 0.445. The second-order valence-electron chi connectivity index (χ2n) is 5.03. The Morgan fingerprint density at radius 3 is 2.55 bits per heavy atom. The Morgan fingerprint density at radius 2 is 1.85 bits per heavy atom. The minimum atomic E-state index is -1.47. The van der Waals surface area contributed by atoms with Gasteiger partial charge in [0.1, 0.15) is 0 Å². The molecule has 1 heterocycles. The third-order valence-electron chi connectivity index (χ3n) is 3.69. The maximum atomic E-state index is 13.3. The summed E-state index contributed by atoms with van der Waals surface area (Å²) < 4.78 is 41.1. The van der Waals surface area contributed by atoms with Crippen LogP contribution in [0.25, 0.3) is 5.69 Å². The first-order valence-corrected chi connectivity index (χ1v) is 6.55. The maximum absolute atomic E-state index is 13.3. The van der Waals surface area contributed by atoms with E-state index in [0.717, 1.165) is 49.1 Å². The van der Waals surface area contributed by atoms with E-state index in [0.29, 0.717) is 0 Å². The Morgan fingerprint density at radius 1 is 1.15 bits per heavy atom. The van der Waals surface area contributed by atoms with Gasteiger partial charge in [0.25, 0.3) is 0 Å². The van der Waals surface area contributed by atoms with Crippen LogP contribution in [0.15, 0.2) is 18.3 Å². The van der Waals surface area contributed by atoms with Crippen LogP contribution in [0.3, 0.4) is 0 Å². The largest absolute Gasteiger partial charge is 0.324 e. The van der Waals surface area contributed by atoms with E-state index in [1.165, 1.54) is 4.68 Å². The zero-order chi connectivity index (χ0) is 14.3. The SMILES string of the molecule is NC1CCCCc2c1cnn2-c1cc(F)c(F)c(F)c1. The second kappa shape index (κ2) is 4.94. The molecule has 0 amide bonds. The van der Waals surface area contributed by atoms with Gasteiger partial charge >= 0.3 is 0 Å². The third kappa shape index (κ3) is 2.10. The quantitative estimate of drug-likeness (QED) is 0.645. The summed E-state index contributed by atoms with van der Waals surface area (Å²) in [5.74, 6) is -3.91. The van der Waals surface area contributed by atoms with Gasteiger partial charge in [-0.3, -0.25) is 0 Å². The van der Waals surface area contributed by atoms with Crippen LogP contribution in [-0.4, -0.2) is 9.78 Å². The van der Waals surface area contributed by atoms with Gasteiger partial charge in [0.2, 0.25) is 0 Å². The summed E-state index contributed by atoms with van der Waals surface area (Å²) in [7, 11) is 0. The summed E-state index contributed by atoms with van der Waals surface area (Å²) >= 11 is 0. The zero-order valence-electron chi connectivity index (χ0n) is 10.7. The van der Waals surface area contributed by atoms with E-state index in [1.807, 2.05) is 0 Å². The molecule has 0 bridgehead atoms. The van der Waals surface area contributed by atoms with Crippen LogP contribution >= 0.6 is 0 Å². The molecule has 106 valence electrons. The van der Waals surface area contributed by atoms with Crippen molar-refractivity contribution in [2.45, 2.75) is 31.7 Å². The molecule has 1 atom stereocenters. The fraction of sp³-hybridized carbons (Fsp3) is 0.357. The van der Waals surface area contributed by atoms with E-state index in [4.69, 9.17) is 5.73 Å². The molecule has 1 aliphatic rings. The summed E-state index contributed by atoms with van der Waals surface area (Å²) in [5, 5.41) is 4.15. The number of nitrogens with zero attached hydrogens (tertiary/aromatic N) is 2. The van der Waals surface area contributed by atoms with E-state index in [2.05, 4.69) is 5.10 Å². The number of halogens is 3. The summed E-state index contributed by atoms with van der Waals surface area (Å²) in [6, 6.07) is 1.78. The van der Waals surface area contributed by atoms with Gasteiger partial charge in [0.05, 0.1) is 11.9 Å². The Hall–Kier alpha value is -1.82. The molecule has 2 N–H and O–H groups in total. The van der Waals surface area contributed by atoms with Crippen molar-refractivity contribution in [2.75, 3.05) is 0 Å². The van der Waals surface area contributed by atoms with Gasteiger partial charge in [-0.25, -0.2) is 17.9 Å². The third-order valence-corrected chi connectivity index (χ3v) is 3.69. The lowest BCUT2D eigenvalue weighted by Gasteiger charge is -2.10. The molecule has 0 spiro atoms. The van der Waals surface area contributed by atoms with Crippen LogP contribution in [0.1, 0.15) is 36.6 Å². The minimum absolute atomic E-state index is 0.114. The zero-order valence-corrected chi connectivity index (χ0v) is 10.7. The first-order chi connectivity index (χ1) is 9.58.